The number of aromatic nitrogens is 3. The van der Waals surface area contributed by atoms with Gasteiger partial charge in [0, 0.05) is 29.4 Å². The molecule has 1 aliphatic carbocycles. The lowest BCUT2D eigenvalue weighted by Gasteiger charge is -2.09. The van der Waals surface area contributed by atoms with E-state index < -0.39 is 24.1 Å². The van der Waals surface area contributed by atoms with Gasteiger partial charge >= 0.3 is 0 Å². The van der Waals surface area contributed by atoms with Crippen LogP contribution in [0.15, 0.2) is 66.9 Å². The van der Waals surface area contributed by atoms with Crippen LogP contribution < -0.4 is 20.7 Å². The fraction of sp³-hybridized carbons (Fsp3) is 0.160. The summed E-state index contributed by atoms with van der Waals surface area (Å²) in [6.07, 6.45) is 2.89. The largest absolute Gasteiger partial charge is 0.434 e. The topological polar surface area (TPSA) is 127 Å². The smallest absolute Gasteiger partial charge is 0.237 e. The molecule has 1 fully saturated rings. The Kier molecular flexibility index (Phi) is 6.27. The summed E-state index contributed by atoms with van der Waals surface area (Å²) in [5, 5.41) is 12.1. The maximum atomic E-state index is 14.6. The quantitative estimate of drug-likeness (QED) is 0.322. The molecule has 0 bridgehead atoms. The minimum absolute atomic E-state index is 0.0452. The number of fused-ring (bicyclic) bond motifs is 1. The predicted octanol–water partition coefficient (Wildman–Crippen LogP) is 3.98. The molecule has 0 unspecified atom stereocenters. The summed E-state index contributed by atoms with van der Waals surface area (Å²) in [6.45, 7) is 0. The Labute approximate surface area is 204 Å². The number of imidazole rings is 1. The van der Waals surface area contributed by atoms with Gasteiger partial charge in [-0.2, -0.15) is 0 Å². The average molecular weight is 488 g/mol. The maximum Gasteiger partial charge on any atom is 0.237 e. The molecule has 0 saturated heterocycles. The number of para-hydroxylation sites is 1. The predicted molar refractivity (Wildman–Crippen MR) is 129 cm³/mol. The summed E-state index contributed by atoms with van der Waals surface area (Å²) in [5.41, 5.74) is 1.24. The molecule has 36 heavy (non-hydrogen) atoms. The Bertz CT molecular complexity index is 1450. The van der Waals surface area contributed by atoms with Crippen molar-refractivity contribution in [3.05, 3.63) is 72.7 Å². The van der Waals surface area contributed by atoms with Gasteiger partial charge in [-0.1, -0.05) is 18.2 Å². The van der Waals surface area contributed by atoms with Gasteiger partial charge < -0.3 is 20.7 Å². The molecule has 11 heteroatoms. The molecule has 0 aliphatic heterocycles. The highest BCUT2D eigenvalue weighted by Crippen LogP contribution is 2.30. The van der Waals surface area contributed by atoms with Gasteiger partial charge in [0.2, 0.25) is 23.6 Å². The summed E-state index contributed by atoms with van der Waals surface area (Å²) in [4.78, 5) is 40.4. The van der Waals surface area contributed by atoms with Crippen molar-refractivity contribution in [2.24, 2.45) is 5.92 Å². The van der Waals surface area contributed by atoms with E-state index in [0.29, 0.717) is 17.2 Å². The highest BCUT2D eigenvalue weighted by Gasteiger charge is 2.30. The highest BCUT2D eigenvalue weighted by molar-refractivity contribution is 6.08. The second kappa shape index (κ2) is 9.82. The monoisotopic (exact) mass is 488 g/mol. The summed E-state index contributed by atoms with van der Waals surface area (Å²) >= 11 is 0. The molecular weight excluding hydrogens is 467 g/mol. The number of carbonyl (C=O) groups excluding carboxylic acids is 3. The number of nitrogens with zero attached hydrogens (tertiary/aromatic N) is 3. The molecule has 10 nitrogen and oxygen atoms in total. The fourth-order valence-electron chi connectivity index (χ4n) is 3.40. The second-order valence-corrected chi connectivity index (χ2v) is 8.25. The number of anilines is 3. The SMILES string of the molecule is O=C(CC(=O)Nc1ccc(Oc2ccc3nc(NC(=O)C4CC4)cn3n2)c(F)c1)Nc1ccccc1. The molecule has 2 aromatic carbocycles. The van der Waals surface area contributed by atoms with Crippen LogP contribution in [0.2, 0.25) is 0 Å². The third-order valence-electron chi connectivity index (χ3n) is 5.30. The summed E-state index contributed by atoms with van der Waals surface area (Å²) in [5.74, 6) is -1.46. The molecule has 0 atom stereocenters. The van der Waals surface area contributed by atoms with E-state index >= 15 is 0 Å². The van der Waals surface area contributed by atoms with Gasteiger partial charge in [-0.25, -0.2) is 13.9 Å². The van der Waals surface area contributed by atoms with Gasteiger partial charge in [0.15, 0.2) is 23.0 Å². The van der Waals surface area contributed by atoms with E-state index in [4.69, 9.17) is 4.74 Å². The van der Waals surface area contributed by atoms with E-state index in [9.17, 15) is 18.8 Å². The van der Waals surface area contributed by atoms with E-state index in [0.717, 1.165) is 18.9 Å². The van der Waals surface area contributed by atoms with Crippen LogP contribution in [0, 0.1) is 11.7 Å². The zero-order valence-corrected chi connectivity index (χ0v) is 18.9. The molecule has 1 saturated carbocycles. The summed E-state index contributed by atoms with van der Waals surface area (Å²) in [7, 11) is 0. The minimum atomic E-state index is -0.730. The summed E-state index contributed by atoms with van der Waals surface area (Å²) < 4.78 is 21.6. The Hall–Kier alpha value is -4.80. The molecule has 3 N–H and O–H groups in total. The Morgan fingerprint density at radius 2 is 1.69 bits per heavy atom. The third-order valence-corrected chi connectivity index (χ3v) is 5.30. The van der Waals surface area contributed by atoms with E-state index in [-0.39, 0.29) is 29.1 Å². The van der Waals surface area contributed by atoms with Crippen LogP contribution in [-0.4, -0.2) is 32.3 Å². The Balaban J connectivity index is 1.19. The average Bonchev–Trinajstić information content (AvgIpc) is 3.62. The van der Waals surface area contributed by atoms with Gasteiger partial charge in [-0.15, -0.1) is 5.10 Å². The molecular formula is C25H21FN6O4. The number of halogens is 1. The first-order valence-corrected chi connectivity index (χ1v) is 11.2. The number of hydrogen-bond donors (Lipinski definition) is 3. The van der Waals surface area contributed by atoms with Gasteiger partial charge in [-0.3, -0.25) is 14.4 Å². The van der Waals surface area contributed by atoms with E-state index in [2.05, 4.69) is 26.0 Å². The number of ether oxygens (including phenoxy) is 1. The first-order chi connectivity index (χ1) is 17.4. The van der Waals surface area contributed by atoms with Crippen molar-refractivity contribution in [1.82, 2.24) is 14.6 Å². The molecule has 5 rings (SSSR count). The molecule has 4 aromatic rings. The maximum absolute atomic E-state index is 14.6. The van der Waals surface area contributed by atoms with Gasteiger partial charge in [0.05, 0.1) is 6.20 Å². The van der Waals surface area contributed by atoms with Crippen molar-refractivity contribution in [3.8, 4) is 11.6 Å². The highest BCUT2D eigenvalue weighted by atomic mass is 19.1. The molecule has 2 heterocycles. The zero-order chi connectivity index (χ0) is 25.1. The van der Waals surface area contributed by atoms with Crippen LogP contribution >= 0.6 is 0 Å². The van der Waals surface area contributed by atoms with Crippen molar-refractivity contribution in [3.63, 3.8) is 0 Å². The van der Waals surface area contributed by atoms with Crippen molar-refractivity contribution in [2.75, 3.05) is 16.0 Å². The fourth-order valence-corrected chi connectivity index (χ4v) is 3.40. The van der Waals surface area contributed by atoms with Crippen LogP contribution in [-0.2, 0) is 14.4 Å². The number of hydrogen-bond acceptors (Lipinski definition) is 6. The summed E-state index contributed by atoms with van der Waals surface area (Å²) in [6, 6.07) is 15.8. The molecule has 0 radical (unpaired) electrons. The zero-order valence-electron chi connectivity index (χ0n) is 18.9. The minimum Gasteiger partial charge on any atom is -0.434 e. The standard InChI is InChI=1S/C25H21FN6O4/c26-18-12-17(28-23(34)13-22(33)27-16-4-2-1-3-5-16)8-9-19(18)36-24-11-10-21-29-20(14-32(21)31-24)30-25(35)15-6-7-15/h1-5,8-12,14-15H,6-7,13H2,(H,27,33)(H,28,34)(H,30,35). The van der Waals surface area contributed by atoms with E-state index in [1.807, 2.05) is 6.07 Å². The Morgan fingerprint density at radius 1 is 0.944 bits per heavy atom. The molecule has 0 spiro atoms. The first kappa shape index (κ1) is 23.0. The lowest BCUT2D eigenvalue weighted by molar-refractivity contribution is -0.123. The number of rotatable bonds is 8. The van der Waals surface area contributed by atoms with Crippen LogP contribution in [0.5, 0.6) is 11.6 Å². The van der Waals surface area contributed by atoms with Crippen molar-refractivity contribution in [2.45, 2.75) is 19.3 Å². The lowest BCUT2D eigenvalue weighted by atomic mass is 10.2. The molecule has 1 aliphatic rings. The van der Waals surface area contributed by atoms with Gasteiger partial charge in [0.25, 0.3) is 0 Å². The molecule has 2 aromatic heterocycles. The molecule has 3 amide bonds. The lowest BCUT2D eigenvalue weighted by Crippen LogP contribution is -2.21. The number of carbonyl (C=O) groups is 3. The van der Waals surface area contributed by atoms with Crippen molar-refractivity contribution >= 4 is 40.6 Å². The van der Waals surface area contributed by atoms with Gasteiger partial charge in [-0.05, 0) is 43.2 Å². The first-order valence-electron chi connectivity index (χ1n) is 11.2. The van der Waals surface area contributed by atoms with Crippen LogP contribution in [0.4, 0.5) is 21.6 Å². The van der Waals surface area contributed by atoms with E-state index in [1.54, 1.807) is 36.5 Å². The van der Waals surface area contributed by atoms with Crippen molar-refractivity contribution in [1.29, 1.82) is 0 Å². The molecule has 182 valence electrons. The number of amides is 3. The van der Waals surface area contributed by atoms with Crippen LogP contribution in [0.3, 0.4) is 0 Å². The van der Waals surface area contributed by atoms with E-state index in [1.165, 1.54) is 22.7 Å². The Morgan fingerprint density at radius 3 is 2.42 bits per heavy atom. The number of benzene rings is 2. The van der Waals surface area contributed by atoms with Crippen LogP contribution in [0.25, 0.3) is 5.65 Å². The van der Waals surface area contributed by atoms with Crippen LogP contribution in [0.1, 0.15) is 19.3 Å². The third kappa shape index (κ3) is 5.63. The number of nitrogens with one attached hydrogen (secondary N) is 3. The second-order valence-electron chi connectivity index (χ2n) is 8.25. The van der Waals surface area contributed by atoms with Gasteiger partial charge in [0.1, 0.15) is 6.42 Å². The normalized spacial score (nSPS) is 12.7. The van der Waals surface area contributed by atoms with Crippen molar-refractivity contribution < 1.29 is 23.5 Å².